The third kappa shape index (κ3) is 6.97. The molecule has 0 fully saturated rings. The van der Waals surface area contributed by atoms with Crippen LogP contribution in [0.4, 0.5) is 8.78 Å². The number of rotatable bonds is 3. The molecule has 0 saturated heterocycles. The van der Waals surface area contributed by atoms with Crippen LogP contribution in [0.2, 0.25) is 0 Å². The highest BCUT2D eigenvalue weighted by Gasteiger charge is 2.28. The molecule has 0 aliphatic carbocycles. The number of benzene rings is 3. The summed E-state index contributed by atoms with van der Waals surface area (Å²) in [5.74, 6) is -0.679. The Morgan fingerprint density at radius 2 is 1.03 bits per heavy atom. The van der Waals surface area contributed by atoms with E-state index in [2.05, 4.69) is 0 Å². The minimum absolute atomic E-state index is 0.175. The smallest absolute Gasteiger partial charge is 0.252 e. The third-order valence-electron chi connectivity index (χ3n) is 5.17. The molecule has 0 aliphatic heterocycles. The van der Waals surface area contributed by atoms with Crippen LogP contribution >= 0.6 is 11.6 Å². The fraction of sp³-hybridized carbons (Fsp3) is 0.286. The molecular formula is C28H29ClF2O3. The minimum atomic E-state index is -0.569. The maximum Gasteiger partial charge on any atom is 0.252 e. The first-order valence-electron chi connectivity index (χ1n) is 10.7. The molecule has 0 aromatic heterocycles. The van der Waals surface area contributed by atoms with E-state index < -0.39 is 5.24 Å². The first-order chi connectivity index (χ1) is 15.6. The van der Waals surface area contributed by atoms with Crippen molar-refractivity contribution < 1.29 is 23.5 Å². The lowest BCUT2D eigenvalue weighted by Crippen LogP contribution is -2.19. The van der Waals surface area contributed by atoms with Gasteiger partial charge < -0.3 is 5.11 Å². The molecule has 0 atom stereocenters. The normalized spacial score (nSPS) is 11.4. The van der Waals surface area contributed by atoms with E-state index in [4.69, 9.17) is 11.6 Å². The monoisotopic (exact) mass is 486 g/mol. The number of halogens is 3. The van der Waals surface area contributed by atoms with Crippen molar-refractivity contribution in [2.24, 2.45) is 0 Å². The average Bonchev–Trinajstić information content (AvgIpc) is 2.73. The van der Waals surface area contributed by atoms with Crippen molar-refractivity contribution >= 4 is 22.6 Å². The van der Waals surface area contributed by atoms with Crippen molar-refractivity contribution in [3.05, 3.63) is 100 Å². The average molecular weight is 487 g/mol. The van der Waals surface area contributed by atoms with E-state index in [9.17, 15) is 23.5 Å². The molecule has 1 N–H and O–H groups in total. The Morgan fingerprint density at radius 3 is 1.35 bits per heavy atom. The van der Waals surface area contributed by atoms with Crippen LogP contribution in [0.5, 0.6) is 5.75 Å². The van der Waals surface area contributed by atoms with Crippen LogP contribution in [0.1, 0.15) is 78.9 Å². The van der Waals surface area contributed by atoms with Gasteiger partial charge in [0.25, 0.3) is 5.24 Å². The van der Waals surface area contributed by atoms with Gasteiger partial charge in [-0.15, -0.1) is 0 Å². The topological polar surface area (TPSA) is 54.4 Å². The number of hydrogen-bond donors (Lipinski definition) is 1. The fourth-order valence-electron chi connectivity index (χ4n) is 3.26. The summed E-state index contributed by atoms with van der Waals surface area (Å²) in [6.07, 6.45) is 0. The molecule has 180 valence electrons. The summed E-state index contributed by atoms with van der Waals surface area (Å²) in [6, 6.07) is 14.1. The summed E-state index contributed by atoms with van der Waals surface area (Å²) in [4.78, 5) is 23.2. The molecule has 0 heterocycles. The van der Waals surface area contributed by atoms with Gasteiger partial charge in [0.15, 0.2) is 5.78 Å². The molecule has 0 saturated carbocycles. The molecule has 0 unspecified atom stereocenters. The molecule has 6 heteroatoms. The van der Waals surface area contributed by atoms with Crippen LogP contribution in [0.25, 0.3) is 0 Å². The minimum Gasteiger partial charge on any atom is -0.507 e. The number of phenols is 1. The van der Waals surface area contributed by atoms with Gasteiger partial charge in [-0.05, 0) is 83.1 Å². The highest BCUT2D eigenvalue weighted by Crippen LogP contribution is 2.40. The fourth-order valence-corrected chi connectivity index (χ4v) is 3.38. The van der Waals surface area contributed by atoms with Crippen molar-refractivity contribution in [3.8, 4) is 5.75 Å². The highest BCUT2D eigenvalue weighted by atomic mass is 35.5. The lowest BCUT2D eigenvalue weighted by molar-refractivity contribution is 0.103. The zero-order valence-electron chi connectivity index (χ0n) is 20.2. The number of carbonyl (C=O) groups excluding carboxylic acids is 2. The van der Waals surface area contributed by atoms with Crippen molar-refractivity contribution in [1.82, 2.24) is 0 Å². The molecule has 3 nitrogen and oxygen atoms in total. The summed E-state index contributed by atoms with van der Waals surface area (Å²) in [6.45, 7) is 12.0. The Labute approximate surface area is 204 Å². The second kappa shape index (κ2) is 10.5. The SMILES string of the molecule is CC(C)(C)c1cc(C(=O)c2ccc(F)cc2)cc(C(C)(C)C)c1O.O=C(Cl)c1ccc(F)cc1. The first-order valence-corrected chi connectivity index (χ1v) is 11.1. The number of aromatic hydroxyl groups is 1. The van der Waals surface area contributed by atoms with E-state index in [1.165, 1.54) is 48.5 Å². The van der Waals surface area contributed by atoms with Crippen LogP contribution in [0.3, 0.4) is 0 Å². The Bertz CT molecular complexity index is 1140. The van der Waals surface area contributed by atoms with Crippen molar-refractivity contribution in [3.63, 3.8) is 0 Å². The number of hydrogen-bond acceptors (Lipinski definition) is 3. The van der Waals surface area contributed by atoms with Gasteiger partial charge in [-0.3, -0.25) is 9.59 Å². The molecule has 3 rings (SSSR count). The summed E-state index contributed by atoms with van der Waals surface area (Å²) in [7, 11) is 0. The van der Waals surface area contributed by atoms with Crippen molar-refractivity contribution in [2.45, 2.75) is 52.4 Å². The first kappa shape index (κ1) is 27.2. The molecule has 34 heavy (non-hydrogen) atoms. The lowest BCUT2D eigenvalue weighted by Gasteiger charge is -2.28. The third-order valence-corrected chi connectivity index (χ3v) is 5.38. The predicted molar refractivity (Wildman–Crippen MR) is 132 cm³/mol. The van der Waals surface area contributed by atoms with Crippen LogP contribution in [0, 0.1) is 11.6 Å². The van der Waals surface area contributed by atoms with Crippen molar-refractivity contribution in [1.29, 1.82) is 0 Å². The van der Waals surface area contributed by atoms with Crippen LogP contribution in [0.15, 0.2) is 60.7 Å². The van der Waals surface area contributed by atoms with Gasteiger partial charge in [0.2, 0.25) is 0 Å². The lowest BCUT2D eigenvalue weighted by atomic mass is 9.78. The van der Waals surface area contributed by atoms with E-state index in [-0.39, 0.29) is 34.0 Å². The maximum absolute atomic E-state index is 13.1. The molecule has 3 aromatic carbocycles. The van der Waals surface area contributed by atoms with Gasteiger partial charge in [-0.1, -0.05) is 41.5 Å². The van der Waals surface area contributed by atoms with Gasteiger partial charge in [0, 0.05) is 27.8 Å². The number of phenolic OH excluding ortho intramolecular Hbond substituents is 1. The molecule has 3 aromatic rings. The quantitative estimate of drug-likeness (QED) is 0.307. The summed E-state index contributed by atoms with van der Waals surface area (Å²) in [5, 5.41) is 10.1. The van der Waals surface area contributed by atoms with E-state index in [0.29, 0.717) is 16.7 Å². The molecule has 0 bridgehead atoms. The Morgan fingerprint density at radius 1 is 0.676 bits per heavy atom. The van der Waals surface area contributed by atoms with Crippen LogP contribution in [-0.2, 0) is 10.8 Å². The summed E-state index contributed by atoms with van der Waals surface area (Å²) < 4.78 is 25.3. The molecule has 0 spiro atoms. The second-order valence-electron chi connectivity index (χ2n) is 10.0. The summed E-state index contributed by atoms with van der Waals surface area (Å²) >= 11 is 5.09. The van der Waals surface area contributed by atoms with Crippen molar-refractivity contribution in [2.75, 3.05) is 0 Å². The van der Waals surface area contributed by atoms with Gasteiger partial charge in [0.1, 0.15) is 17.4 Å². The summed E-state index contributed by atoms with van der Waals surface area (Å²) in [5.41, 5.74) is 2.12. The Balaban J connectivity index is 0.000000340. The molecule has 0 amide bonds. The number of ketones is 1. The van der Waals surface area contributed by atoms with Gasteiger partial charge in [-0.25, -0.2) is 8.78 Å². The van der Waals surface area contributed by atoms with E-state index >= 15 is 0 Å². The number of carbonyl (C=O) groups is 2. The maximum atomic E-state index is 13.1. The molecule has 0 radical (unpaired) electrons. The van der Waals surface area contributed by atoms with E-state index in [1.54, 1.807) is 12.1 Å². The highest BCUT2D eigenvalue weighted by molar-refractivity contribution is 6.67. The van der Waals surface area contributed by atoms with Crippen LogP contribution in [-0.4, -0.2) is 16.1 Å². The Kier molecular flexibility index (Phi) is 8.38. The standard InChI is InChI=1S/C21H25FO2.C7H4ClFO/c1-20(2,3)16-11-14(12-17(19(16)24)21(4,5)6)18(23)13-7-9-15(22)10-8-13;8-7(10)5-1-3-6(9)4-2-5/h7-12,24H,1-6H3;1-4H. The zero-order valence-corrected chi connectivity index (χ0v) is 20.9. The van der Waals surface area contributed by atoms with Gasteiger partial charge >= 0.3 is 0 Å². The predicted octanol–water partition coefficient (Wildman–Crippen LogP) is 7.56. The van der Waals surface area contributed by atoms with Gasteiger partial charge in [0.05, 0.1) is 0 Å². The van der Waals surface area contributed by atoms with E-state index in [1.807, 2.05) is 41.5 Å². The van der Waals surface area contributed by atoms with Gasteiger partial charge in [-0.2, -0.15) is 0 Å². The van der Waals surface area contributed by atoms with E-state index in [0.717, 1.165) is 11.1 Å². The van der Waals surface area contributed by atoms with Crippen LogP contribution < -0.4 is 0 Å². The largest absolute Gasteiger partial charge is 0.507 e. The molecular weight excluding hydrogens is 458 g/mol. The second-order valence-corrected chi connectivity index (χ2v) is 10.4. The molecule has 0 aliphatic rings. The zero-order chi connectivity index (χ0) is 25.8. The Hall–Kier alpha value is -3.05.